The molecule has 4 unspecified atom stereocenters. The molecule has 0 radical (unpaired) electrons. The minimum absolute atomic E-state index is 0.205. The lowest BCUT2D eigenvalue weighted by Gasteiger charge is -2.37. The lowest BCUT2D eigenvalue weighted by Crippen LogP contribution is -2.58. The van der Waals surface area contributed by atoms with E-state index in [1.807, 2.05) is 0 Å². The molecule has 1 aromatic carbocycles. The molecule has 2 heterocycles. The van der Waals surface area contributed by atoms with Crippen LogP contribution in [0.15, 0.2) is 29.2 Å². The third kappa shape index (κ3) is 4.14. The van der Waals surface area contributed by atoms with Gasteiger partial charge < -0.3 is 41.3 Å². The summed E-state index contributed by atoms with van der Waals surface area (Å²) in [6.07, 6.45) is -4.08. The molecule has 30 heavy (non-hydrogen) atoms. The van der Waals surface area contributed by atoms with Gasteiger partial charge in [-0.05, 0) is 36.2 Å². The second-order valence-electron chi connectivity index (χ2n) is 7.09. The summed E-state index contributed by atoms with van der Waals surface area (Å²) in [4.78, 5) is 14.3. The molecule has 3 rings (SSSR count). The molecule has 1 fully saturated rings. The van der Waals surface area contributed by atoms with Crippen LogP contribution in [0.4, 0.5) is 5.69 Å². The Kier molecular flexibility index (Phi) is 6.36. The Balaban J connectivity index is 2.01. The van der Waals surface area contributed by atoms with Crippen molar-refractivity contribution >= 4 is 11.9 Å². The van der Waals surface area contributed by atoms with Crippen molar-refractivity contribution in [2.45, 2.75) is 37.4 Å². The zero-order chi connectivity index (χ0) is 22.0. The van der Waals surface area contributed by atoms with Crippen molar-refractivity contribution in [2.24, 2.45) is 0 Å². The number of aromatic amines is 1. The fourth-order valence-corrected chi connectivity index (χ4v) is 3.20. The molecular formula is C21H23N3O6. The van der Waals surface area contributed by atoms with E-state index in [1.165, 1.54) is 0 Å². The van der Waals surface area contributed by atoms with Gasteiger partial charge in [-0.15, -0.1) is 0 Å². The molecule has 9 nitrogen and oxygen atoms in total. The zero-order valence-corrected chi connectivity index (χ0v) is 16.2. The average molecular weight is 413 g/mol. The first kappa shape index (κ1) is 21.7. The largest absolute Gasteiger partial charge is 0.397 e. The van der Waals surface area contributed by atoms with Gasteiger partial charge in [0.1, 0.15) is 30.5 Å². The lowest BCUT2D eigenvalue weighted by molar-refractivity contribution is -0.214. The van der Waals surface area contributed by atoms with Gasteiger partial charge in [0.05, 0.1) is 12.3 Å². The Bertz CT molecular complexity index is 1070. The second-order valence-corrected chi connectivity index (χ2v) is 7.09. The van der Waals surface area contributed by atoms with Crippen LogP contribution < -0.4 is 11.3 Å². The summed E-state index contributed by atoms with van der Waals surface area (Å²) in [5.41, 5.74) is 8.80. The summed E-state index contributed by atoms with van der Waals surface area (Å²) in [6.45, 7) is 1.13. The molecule has 0 spiro atoms. The molecule has 1 aliphatic rings. The van der Waals surface area contributed by atoms with E-state index in [0.29, 0.717) is 27.8 Å². The zero-order valence-electron chi connectivity index (χ0n) is 16.2. The van der Waals surface area contributed by atoms with E-state index in [4.69, 9.17) is 15.9 Å². The molecule has 0 bridgehead atoms. The van der Waals surface area contributed by atoms with Gasteiger partial charge in [-0.2, -0.15) is 0 Å². The second kappa shape index (κ2) is 8.79. The quantitative estimate of drug-likeness (QED) is 0.194. The highest BCUT2D eigenvalue weighted by Crippen LogP contribution is 2.27. The highest BCUT2D eigenvalue weighted by molar-refractivity contribution is 5.90. The van der Waals surface area contributed by atoms with E-state index in [1.54, 1.807) is 31.3 Å². The van der Waals surface area contributed by atoms with Crippen LogP contribution in [0.5, 0.6) is 0 Å². The van der Waals surface area contributed by atoms with E-state index < -0.39 is 37.1 Å². The minimum atomic E-state index is -1.53. The predicted octanol–water partition coefficient (Wildman–Crippen LogP) is -0.876. The molecule has 1 aromatic heterocycles. The number of ether oxygens (including phenoxy) is 1. The van der Waals surface area contributed by atoms with Crippen LogP contribution >= 0.6 is 0 Å². The number of hydrogen-bond acceptors (Lipinski definition) is 8. The number of nitrogen functional groups attached to an aromatic ring is 1. The van der Waals surface area contributed by atoms with E-state index in [-0.39, 0.29) is 11.2 Å². The van der Waals surface area contributed by atoms with Crippen LogP contribution in [0.1, 0.15) is 16.7 Å². The van der Waals surface area contributed by atoms with Crippen LogP contribution in [0.3, 0.4) is 0 Å². The maximum Gasteiger partial charge on any atom is 0.250 e. The van der Waals surface area contributed by atoms with Crippen molar-refractivity contribution in [3.05, 3.63) is 51.4 Å². The van der Waals surface area contributed by atoms with Crippen molar-refractivity contribution in [3.63, 3.8) is 0 Å². The summed E-state index contributed by atoms with van der Waals surface area (Å²) < 4.78 is 5.38. The van der Waals surface area contributed by atoms with E-state index >= 15 is 0 Å². The summed E-state index contributed by atoms with van der Waals surface area (Å²) in [7, 11) is 0. The average Bonchev–Trinajstić information content (AvgIpc) is 2.74. The summed E-state index contributed by atoms with van der Waals surface area (Å²) >= 11 is 0. The van der Waals surface area contributed by atoms with Crippen LogP contribution in [0.2, 0.25) is 0 Å². The first-order valence-corrected chi connectivity index (χ1v) is 9.22. The lowest BCUT2D eigenvalue weighted by atomic mass is 9.94. The fraction of sp³-hybridized carbons (Fsp3) is 0.333. The van der Waals surface area contributed by atoms with Crippen molar-refractivity contribution in [1.29, 1.82) is 5.41 Å². The number of nitrogens with two attached hydrogens (primary N) is 1. The first-order valence-electron chi connectivity index (χ1n) is 9.22. The van der Waals surface area contributed by atoms with Gasteiger partial charge in [0.2, 0.25) is 0 Å². The van der Waals surface area contributed by atoms with Crippen molar-refractivity contribution in [3.8, 4) is 23.0 Å². The van der Waals surface area contributed by atoms with E-state index in [9.17, 15) is 25.2 Å². The number of hydrogen-bond donors (Lipinski definition) is 7. The Morgan fingerprint density at radius 1 is 1.20 bits per heavy atom. The maximum atomic E-state index is 11.6. The highest BCUT2D eigenvalue weighted by atomic mass is 16.5. The number of anilines is 1. The molecule has 0 amide bonds. The van der Waals surface area contributed by atoms with Gasteiger partial charge in [-0.25, -0.2) is 0 Å². The topological polar surface area (TPSA) is 173 Å². The van der Waals surface area contributed by atoms with Crippen LogP contribution in [-0.4, -0.2) is 68.8 Å². The normalized spacial score (nSPS) is 26.0. The van der Waals surface area contributed by atoms with Gasteiger partial charge in [0, 0.05) is 29.1 Å². The Hall–Kier alpha value is -3.00. The van der Waals surface area contributed by atoms with E-state index in [2.05, 4.69) is 16.8 Å². The molecule has 1 saturated heterocycles. The Morgan fingerprint density at radius 2 is 1.93 bits per heavy atom. The third-order valence-corrected chi connectivity index (χ3v) is 5.03. The molecule has 8 N–H and O–H groups in total. The third-order valence-electron chi connectivity index (χ3n) is 5.03. The summed E-state index contributed by atoms with van der Waals surface area (Å²) in [6, 6.07) is 5.06. The number of nitrogens with one attached hydrogen (secondary N) is 2. The van der Waals surface area contributed by atoms with Gasteiger partial charge >= 0.3 is 0 Å². The van der Waals surface area contributed by atoms with Crippen molar-refractivity contribution in [1.82, 2.24) is 4.98 Å². The first-order chi connectivity index (χ1) is 14.3. The number of benzene rings is 1. The number of aromatic nitrogens is 1. The van der Waals surface area contributed by atoms with Crippen molar-refractivity contribution < 1.29 is 25.2 Å². The summed E-state index contributed by atoms with van der Waals surface area (Å²) in [5.74, 6) is 5.47. The van der Waals surface area contributed by atoms with Crippen LogP contribution in [0, 0.1) is 24.2 Å². The number of aliphatic hydroxyl groups is 4. The number of aliphatic hydroxyl groups excluding tert-OH is 4. The number of rotatable bonds is 3. The Labute approximate surface area is 172 Å². The van der Waals surface area contributed by atoms with Crippen LogP contribution in [-0.2, 0) is 4.74 Å². The molecule has 1 aliphatic heterocycles. The Morgan fingerprint density at radius 3 is 2.57 bits per heavy atom. The van der Waals surface area contributed by atoms with Gasteiger partial charge in [-0.3, -0.25) is 4.79 Å². The maximum absolute atomic E-state index is 11.6. The standard InChI is InChI=1S/C21H23N3O6/c1-10-4-14(8-24-21(10)29)12-5-11(17(23)13(6-12)7-22)2-3-15-18(26)20(28)19(27)16(9-25)30-15/h4-8,15-16,18-20,22,25-28H,9,23H2,1H3,(H,24,29)/t15?,16?,18?,19-,20?/m1/s1. The smallest absolute Gasteiger partial charge is 0.250 e. The molecular weight excluding hydrogens is 390 g/mol. The monoisotopic (exact) mass is 413 g/mol. The minimum Gasteiger partial charge on any atom is -0.397 e. The SMILES string of the molecule is Cc1cc(-c2cc(C#CC3OC(CO)[C@@H](O)C(O)C3O)c(N)c(C=N)c2)c[nH]c1=O. The molecule has 158 valence electrons. The number of H-pyrrole nitrogens is 1. The van der Waals surface area contributed by atoms with Gasteiger partial charge in [0.25, 0.3) is 5.56 Å². The number of aryl methyl sites for hydroxylation is 1. The number of pyridine rings is 1. The predicted molar refractivity (Wildman–Crippen MR) is 110 cm³/mol. The highest BCUT2D eigenvalue weighted by Gasteiger charge is 2.42. The molecule has 5 atom stereocenters. The van der Waals surface area contributed by atoms with E-state index in [0.717, 1.165) is 6.21 Å². The van der Waals surface area contributed by atoms with Crippen molar-refractivity contribution in [2.75, 3.05) is 12.3 Å². The molecule has 0 aliphatic carbocycles. The van der Waals surface area contributed by atoms with Gasteiger partial charge in [-0.1, -0.05) is 11.8 Å². The fourth-order valence-electron chi connectivity index (χ4n) is 3.20. The molecule has 9 heteroatoms. The molecule has 2 aromatic rings. The van der Waals surface area contributed by atoms with Gasteiger partial charge in [0.15, 0.2) is 0 Å². The molecule has 0 saturated carbocycles. The summed E-state index contributed by atoms with van der Waals surface area (Å²) in [5, 5.41) is 46.8. The van der Waals surface area contributed by atoms with Crippen LogP contribution in [0.25, 0.3) is 11.1 Å².